The van der Waals surface area contributed by atoms with Crippen molar-refractivity contribution in [3.05, 3.63) is 65.5 Å². The summed E-state index contributed by atoms with van der Waals surface area (Å²) in [5.41, 5.74) is 3.19. The van der Waals surface area contributed by atoms with Gasteiger partial charge in [-0.1, -0.05) is 37.5 Å². The summed E-state index contributed by atoms with van der Waals surface area (Å²) < 4.78 is 0. The Labute approximate surface area is 144 Å². The molecule has 1 fully saturated rings. The van der Waals surface area contributed by atoms with Gasteiger partial charge in [0.2, 0.25) is 0 Å². The van der Waals surface area contributed by atoms with Gasteiger partial charge in [-0.3, -0.25) is 9.78 Å². The maximum absolute atomic E-state index is 12.6. The molecule has 0 radical (unpaired) electrons. The molecule has 0 bridgehead atoms. The molecule has 1 saturated carbocycles. The fraction of sp³-hybridized carbons (Fsp3) is 0.429. The number of hydrogen-bond donors (Lipinski definition) is 0. The van der Waals surface area contributed by atoms with E-state index in [-0.39, 0.29) is 5.91 Å². The summed E-state index contributed by atoms with van der Waals surface area (Å²) in [5.74, 6) is 0.769. The average Bonchev–Trinajstić information content (AvgIpc) is 2.67. The quantitative estimate of drug-likeness (QED) is 0.815. The van der Waals surface area contributed by atoms with E-state index in [9.17, 15) is 4.79 Å². The van der Waals surface area contributed by atoms with E-state index in [0.717, 1.165) is 17.7 Å². The van der Waals surface area contributed by atoms with Crippen LogP contribution in [0.2, 0.25) is 0 Å². The number of carbonyl (C=O) groups is 1. The van der Waals surface area contributed by atoms with Gasteiger partial charge >= 0.3 is 0 Å². The maximum atomic E-state index is 12.6. The van der Waals surface area contributed by atoms with Crippen LogP contribution in [0.3, 0.4) is 0 Å². The number of rotatable bonds is 5. The molecule has 1 aromatic heterocycles. The van der Waals surface area contributed by atoms with E-state index in [1.807, 2.05) is 37.4 Å². The van der Waals surface area contributed by atoms with E-state index >= 15 is 0 Å². The van der Waals surface area contributed by atoms with Crippen LogP contribution in [-0.4, -0.2) is 29.4 Å². The number of benzene rings is 1. The first kappa shape index (κ1) is 16.7. The van der Waals surface area contributed by atoms with Crippen LogP contribution < -0.4 is 0 Å². The summed E-state index contributed by atoms with van der Waals surface area (Å²) in [5, 5.41) is 0. The lowest BCUT2D eigenvalue weighted by Crippen LogP contribution is -2.29. The number of nitrogens with zero attached hydrogens (tertiary/aromatic N) is 2. The zero-order chi connectivity index (χ0) is 16.8. The van der Waals surface area contributed by atoms with Crippen molar-refractivity contribution in [2.45, 2.75) is 44.4 Å². The molecule has 1 aliphatic rings. The first-order valence-electron chi connectivity index (χ1n) is 8.99. The van der Waals surface area contributed by atoms with Gasteiger partial charge in [0.25, 0.3) is 5.91 Å². The van der Waals surface area contributed by atoms with Crippen LogP contribution in [0.25, 0.3) is 0 Å². The van der Waals surface area contributed by atoms with Crippen LogP contribution in [0.4, 0.5) is 0 Å². The van der Waals surface area contributed by atoms with Gasteiger partial charge in [-0.05, 0) is 48.6 Å². The molecule has 0 unspecified atom stereocenters. The van der Waals surface area contributed by atoms with E-state index < -0.39 is 0 Å². The third-order valence-corrected chi connectivity index (χ3v) is 5.01. The lowest BCUT2D eigenvalue weighted by molar-refractivity contribution is 0.0796. The molecule has 0 N–H and O–H groups in total. The van der Waals surface area contributed by atoms with Crippen LogP contribution in [0.1, 0.15) is 59.6 Å². The SMILES string of the molecule is CN(CCc1ccccn1)C(=O)c1ccc(C2CCCCC2)cc1. The normalized spacial score (nSPS) is 15.2. The second kappa shape index (κ2) is 8.09. The van der Waals surface area contributed by atoms with Gasteiger partial charge in [0.05, 0.1) is 0 Å². The number of aromatic nitrogens is 1. The highest BCUT2D eigenvalue weighted by molar-refractivity contribution is 5.94. The van der Waals surface area contributed by atoms with Crippen molar-refractivity contribution in [3.63, 3.8) is 0 Å². The van der Waals surface area contributed by atoms with Gasteiger partial charge in [0.1, 0.15) is 0 Å². The smallest absolute Gasteiger partial charge is 0.253 e. The second-order valence-electron chi connectivity index (χ2n) is 6.75. The lowest BCUT2D eigenvalue weighted by Gasteiger charge is -2.22. The summed E-state index contributed by atoms with van der Waals surface area (Å²) in [7, 11) is 1.86. The van der Waals surface area contributed by atoms with Gasteiger partial charge in [-0.15, -0.1) is 0 Å². The average molecular weight is 322 g/mol. The Morgan fingerprint density at radius 3 is 2.50 bits per heavy atom. The van der Waals surface area contributed by atoms with Crippen molar-refractivity contribution in [1.82, 2.24) is 9.88 Å². The standard InChI is InChI=1S/C21H26N2O/c1-23(16-14-20-9-5-6-15-22-20)21(24)19-12-10-18(11-13-19)17-7-3-2-4-8-17/h5-6,9-13,15,17H,2-4,7-8,14,16H2,1H3. The van der Waals surface area contributed by atoms with E-state index in [4.69, 9.17) is 0 Å². The minimum atomic E-state index is 0.0844. The van der Waals surface area contributed by atoms with Crippen molar-refractivity contribution in [2.75, 3.05) is 13.6 Å². The Hall–Kier alpha value is -2.16. The first-order valence-corrected chi connectivity index (χ1v) is 8.99. The Morgan fingerprint density at radius 2 is 1.83 bits per heavy atom. The molecule has 0 atom stereocenters. The Morgan fingerprint density at radius 1 is 1.08 bits per heavy atom. The minimum absolute atomic E-state index is 0.0844. The van der Waals surface area contributed by atoms with Crippen molar-refractivity contribution >= 4 is 5.91 Å². The molecule has 0 saturated heterocycles. The number of hydrogen-bond acceptors (Lipinski definition) is 2. The van der Waals surface area contributed by atoms with Crippen molar-refractivity contribution in [1.29, 1.82) is 0 Å². The summed E-state index contributed by atoms with van der Waals surface area (Å²) in [6.07, 6.45) is 9.19. The molecule has 126 valence electrons. The van der Waals surface area contributed by atoms with Gasteiger partial charge in [0.15, 0.2) is 0 Å². The molecule has 1 aromatic carbocycles. The van der Waals surface area contributed by atoms with Gasteiger partial charge in [0, 0.05) is 37.5 Å². The third kappa shape index (κ3) is 4.22. The Balaban J connectivity index is 1.57. The fourth-order valence-electron chi connectivity index (χ4n) is 3.48. The van der Waals surface area contributed by atoms with Crippen LogP contribution in [-0.2, 0) is 6.42 Å². The number of amides is 1. The molecule has 0 aliphatic heterocycles. The highest BCUT2D eigenvalue weighted by Gasteiger charge is 2.17. The summed E-state index contributed by atoms with van der Waals surface area (Å²) in [6.45, 7) is 0.681. The van der Waals surface area contributed by atoms with Gasteiger partial charge < -0.3 is 4.90 Å². The fourth-order valence-corrected chi connectivity index (χ4v) is 3.48. The summed E-state index contributed by atoms with van der Waals surface area (Å²) >= 11 is 0. The maximum Gasteiger partial charge on any atom is 0.253 e. The molecule has 3 heteroatoms. The minimum Gasteiger partial charge on any atom is -0.341 e. The summed E-state index contributed by atoms with van der Waals surface area (Å²) in [4.78, 5) is 18.6. The van der Waals surface area contributed by atoms with E-state index in [0.29, 0.717) is 12.5 Å². The largest absolute Gasteiger partial charge is 0.341 e. The molecule has 24 heavy (non-hydrogen) atoms. The third-order valence-electron chi connectivity index (χ3n) is 5.01. The number of carbonyl (C=O) groups excluding carboxylic acids is 1. The Kier molecular flexibility index (Phi) is 5.63. The van der Waals surface area contributed by atoms with Crippen LogP contribution >= 0.6 is 0 Å². The molecule has 1 aliphatic carbocycles. The van der Waals surface area contributed by atoms with Crippen molar-refractivity contribution in [2.24, 2.45) is 0 Å². The monoisotopic (exact) mass is 322 g/mol. The molecule has 1 heterocycles. The number of likely N-dealkylation sites (N-methyl/N-ethyl adjacent to an activating group) is 1. The highest BCUT2D eigenvalue weighted by atomic mass is 16.2. The van der Waals surface area contributed by atoms with Crippen LogP contribution in [0.15, 0.2) is 48.7 Å². The van der Waals surface area contributed by atoms with E-state index in [1.165, 1.54) is 37.7 Å². The van der Waals surface area contributed by atoms with Crippen LogP contribution in [0, 0.1) is 0 Å². The second-order valence-corrected chi connectivity index (χ2v) is 6.75. The number of pyridine rings is 1. The molecular formula is C21H26N2O. The topological polar surface area (TPSA) is 33.2 Å². The summed E-state index contributed by atoms with van der Waals surface area (Å²) in [6, 6.07) is 14.2. The molecule has 1 amide bonds. The molecule has 0 spiro atoms. The van der Waals surface area contributed by atoms with Crippen LogP contribution in [0.5, 0.6) is 0 Å². The zero-order valence-corrected chi connectivity index (χ0v) is 14.4. The molecule has 3 nitrogen and oxygen atoms in total. The predicted molar refractivity (Wildman–Crippen MR) is 97.2 cm³/mol. The van der Waals surface area contributed by atoms with Crippen molar-refractivity contribution in [3.8, 4) is 0 Å². The zero-order valence-electron chi connectivity index (χ0n) is 14.4. The molecule has 3 rings (SSSR count). The first-order chi connectivity index (χ1) is 11.7. The highest BCUT2D eigenvalue weighted by Crippen LogP contribution is 2.32. The van der Waals surface area contributed by atoms with E-state index in [2.05, 4.69) is 17.1 Å². The van der Waals surface area contributed by atoms with Gasteiger partial charge in [-0.2, -0.15) is 0 Å². The van der Waals surface area contributed by atoms with Crippen molar-refractivity contribution < 1.29 is 4.79 Å². The lowest BCUT2D eigenvalue weighted by atomic mass is 9.84. The molecule has 2 aromatic rings. The molecular weight excluding hydrogens is 296 g/mol. The van der Waals surface area contributed by atoms with Gasteiger partial charge in [-0.25, -0.2) is 0 Å². The Bertz CT molecular complexity index is 645. The predicted octanol–water partition coefficient (Wildman–Crippen LogP) is 4.44. The van der Waals surface area contributed by atoms with E-state index in [1.54, 1.807) is 11.1 Å².